The van der Waals surface area contributed by atoms with Crippen LogP contribution in [0.4, 0.5) is 11.4 Å². The van der Waals surface area contributed by atoms with Gasteiger partial charge >= 0.3 is 0 Å². The van der Waals surface area contributed by atoms with Gasteiger partial charge in [0.05, 0.1) is 5.69 Å². The molecular formula is C15H17N3O4S. The first-order valence-corrected chi connectivity index (χ1v) is 8.00. The minimum absolute atomic E-state index is 0.00986. The van der Waals surface area contributed by atoms with Crippen LogP contribution in [-0.4, -0.2) is 26.5 Å². The van der Waals surface area contributed by atoms with E-state index in [0.717, 1.165) is 0 Å². The maximum absolute atomic E-state index is 11.2. The molecule has 23 heavy (non-hydrogen) atoms. The third-order valence-electron chi connectivity index (χ3n) is 2.57. The number of rotatable bonds is 4. The van der Waals surface area contributed by atoms with Crippen LogP contribution in [0.15, 0.2) is 60.1 Å². The molecule has 8 heteroatoms. The van der Waals surface area contributed by atoms with Gasteiger partial charge in [-0.25, -0.2) is 13.6 Å². The summed E-state index contributed by atoms with van der Waals surface area (Å²) in [6.07, 6.45) is 6.62. The molecule has 5 N–H and O–H groups in total. The first kappa shape index (κ1) is 18.3. The summed E-state index contributed by atoms with van der Waals surface area (Å²) in [5.74, 6) is -0.241. The molecule has 0 aromatic heterocycles. The van der Waals surface area contributed by atoms with Crippen molar-refractivity contribution >= 4 is 33.0 Å². The Labute approximate surface area is 134 Å². The standard InChI is InChI=1S/C9H13N3O2S.C6H4O2/c1-2-5-12-8-4-3-7(10)6-9(8)15(11,13)14;7-5-1-2-6(8)4-3-5/h2-4,6,12H,1,5,10H2,(H2,11,13,14);1-4H. The van der Waals surface area contributed by atoms with Crippen molar-refractivity contribution in [3.63, 3.8) is 0 Å². The highest BCUT2D eigenvalue weighted by Crippen LogP contribution is 2.22. The van der Waals surface area contributed by atoms with Gasteiger partial charge in [0.25, 0.3) is 0 Å². The lowest BCUT2D eigenvalue weighted by Crippen LogP contribution is -2.15. The van der Waals surface area contributed by atoms with Crippen LogP contribution in [-0.2, 0) is 19.6 Å². The molecule has 0 unspecified atom stereocenters. The average molecular weight is 335 g/mol. The molecule has 7 nitrogen and oxygen atoms in total. The van der Waals surface area contributed by atoms with E-state index in [0.29, 0.717) is 17.9 Å². The lowest BCUT2D eigenvalue weighted by molar-refractivity contribution is -0.113. The second-order valence-corrected chi connectivity index (χ2v) is 5.97. The van der Waals surface area contributed by atoms with Crippen LogP contribution < -0.4 is 16.2 Å². The number of allylic oxidation sites excluding steroid dienone is 4. The minimum Gasteiger partial charge on any atom is -0.399 e. The monoisotopic (exact) mass is 335 g/mol. The quantitative estimate of drug-likeness (QED) is 0.423. The van der Waals surface area contributed by atoms with Crippen molar-refractivity contribution in [2.75, 3.05) is 17.6 Å². The Kier molecular flexibility index (Phi) is 6.43. The molecule has 2 rings (SSSR count). The van der Waals surface area contributed by atoms with Crippen molar-refractivity contribution in [3.8, 4) is 0 Å². The number of hydrogen-bond donors (Lipinski definition) is 3. The van der Waals surface area contributed by atoms with Gasteiger partial charge in [-0.2, -0.15) is 0 Å². The highest BCUT2D eigenvalue weighted by Gasteiger charge is 2.13. The largest absolute Gasteiger partial charge is 0.399 e. The van der Waals surface area contributed by atoms with E-state index in [1.165, 1.54) is 30.4 Å². The Hall–Kier alpha value is -2.71. The van der Waals surface area contributed by atoms with Crippen LogP contribution in [0.1, 0.15) is 0 Å². The Balaban J connectivity index is 0.000000277. The number of primary sulfonamides is 1. The Morgan fingerprint density at radius 3 is 2.04 bits per heavy atom. The minimum atomic E-state index is -3.76. The number of benzene rings is 1. The van der Waals surface area contributed by atoms with Gasteiger partial charge in [0.1, 0.15) is 4.90 Å². The molecule has 0 aliphatic heterocycles. The van der Waals surface area contributed by atoms with Gasteiger partial charge in [0.2, 0.25) is 10.0 Å². The van der Waals surface area contributed by atoms with Gasteiger partial charge < -0.3 is 11.1 Å². The summed E-state index contributed by atoms with van der Waals surface area (Å²) < 4.78 is 22.5. The number of carbonyl (C=O) groups excluding carboxylic acids is 2. The lowest BCUT2D eigenvalue weighted by atomic mass is 10.2. The third-order valence-corrected chi connectivity index (χ3v) is 3.52. The van der Waals surface area contributed by atoms with Crippen molar-refractivity contribution in [1.29, 1.82) is 0 Å². The molecule has 1 aromatic carbocycles. The van der Waals surface area contributed by atoms with Crippen LogP contribution >= 0.6 is 0 Å². The normalized spacial score (nSPS) is 13.3. The summed E-state index contributed by atoms with van der Waals surface area (Å²) in [5.41, 5.74) is 6.26. The molecule has 1 aliphatic carbocycles. The zero-order chi connectivity index (χ0) is 17.5. The van der Waals surface area contributed by atoms with Crippen LogP contribution in [0.3, 0.4) is 0 Å². The van der Waals surface area contributed by atoms with Gasteiger partial charge in [-0.3, -0.25) is 9.59 Å². The number of carbonyl (C=O) groups is 2. The van der Waals surface area contributed by atoms with E-state index in [2.05, 4.69) is 11.9 Å². The molecule has 1 aliphatic rings. The summed E-state index contributed by atoms with van der Waals surface area (Å²) in [4.78, 5) is 20.6. The summed E-state index contributed by atoms with van der Waals surface area (Å²) in [7, 11) is -3.76. The van der Waals surface area contributed by atoms with Gasteiger partial charge in [-0.1, -0.05) is 6.08 Å². The van der Waals surface area contributed by atoms with E-state index >= 15 is 0 Å². The fourth-order valence-corrected chi connectivity index (χ4v) is 2.29. The molecule has 0 saturated heterocycles. The van der Waals surface area contributed by atoms with Crippen molar-refractivity contribution in [2.45, 2.75) is 4.90 Å². The van der Waals surface area contributed by atoms with Crippen LogP contribution in [0.25, 0.3) is 0 Å². The number of sulfonamides is 1. The number of ketones is 2. The van der Waals surface area contributed by atoms with E-state index in [1.54, 1.807) is 18.2 Å². The molecule has 0 saturated carbocycles. The van der Waals surface area contributed by atoms with Crippen molar-refractivity contribution in [2.24, 2.45) is 5.14 Å². The fraction of sp³-hybridized carbons (Fsp3) is 0.0667. The second-order valence-electron chi connectivity index (χ2n) is 4.44. The molecule has 0 heterocycles. The maximum atomic E-state index is 11.2. The molecule has 0 spiro atoms. The van der Waals surface area contributed by atoms with E-state index in [1.807, 2.05) is 0 Å². The van der Waals surface area contributed by atoms with Crippen molar-refractivity contribution in [3.05, 3.63) is 55.2 Å². The molecule has 0 radical (unpaired) electrons. The predicted octanol–water partition coefficient (Wildman–Crippen LogP) is 0.765. The van der Waals surface area contributed by atoms with Gasteiger partial charge in [0.15, 0.2) is 11.6 Å². The Bertz CT molecular complexity index is 742. The summed E-state index contributed by atoms with van der Waals surface area (Å²) in [5, 5.41) is 7.91. The summed E-state index contributed by atoms with van der Waals surface area (Å²) in [6.45, 7) is 3.97. The van der Waals surface area contributed by atoms with Crippen LogP contribution in [0.5, 0.6) is 0 Å². The molecule has 0 amide bonds. The number of nitrogens with two attached hydrogens (primary N) is 2. The number of nitrogen functional groups attached to an aromatic ring is 1. The Morgan fingerprint density at radius 1 is 1.09 bits per heavy atom. The Morgan fingerprint density at radius 2 is 1.61 bits per heavy atom. The van der Waals surface area contributed by atoms with Crippen LogP contribution in [0.2, 0.25) is 0 Å². The predicted molar refractivity (Wildman–Crippen MR) is 89.2 cm³/mol. The van der Waals surface area contributed by atoms with Gasteiger partial charge in [-0.15, -0.1) is 6.58 Å². The van der Waals surface area contributed by atoms with E-state index in [-0.39, 0.29) is 16.5 Å². The number of hydrogen-bond acceptors (Lipinski definition) is 6. The van der Waals surface area contributed by atoms with Crippen molar-refractivity contribution < 1.29 is 18.0 Å². The topological polar surface area (TPSA) is 132 Å². The average Bonchev–Trinajstić information content (AvgIpc) is 2.49. The molecule has 122 valence electrons. The summed E-state index contributed by atoms with van der Waals surface area (Å²) in [6, 6.07) is 4.49. The van der Waals surface area contributed by atoms with Gasteiger partial charge in [0, 0.05) is 12.2 Å². The first-order chi connectivity index (χ1) is 10.7. The van der Waals surface area contributed by atoms with E-state index in [9.17, 15) is 18.0 Å². The van der Waals surface area contributed by atoms with E-state index in [4.69, 9.17) is 10.9 Å². The smallest absolute Gasteiger partial charge is 0.240 e. The van der Waals surface area contributed by atoms with Crippen LogP contribution in [0, 0.1) is 0 Å². The molecule has 0 bridgehead atoms. The number of anilines is 2. The molecule has 0 atom stereocenters. The van der Waals surface area contributed by atoms with E-state index < -0.39 is 10.0 Å². The first-order valence-electron chi connectivity index (χ1n) is 6.45. The maximum Gasteiger partial charge on any atom is 0.240 e. The molecule has 1 aromatic rings. The fourth-order valence-electron chi connectivity index (χ4n) is 1.54. The third kappa shape index (κ3) is 6.29. The highest BCUT2D eigenvalue weighted by molar-refractivity contribution is 7.89. The van der Waals surface area contributed by atoms with Crippen molar-refractivity contribution in [1.82, 2.24) is 0 Å². The highest BCUT2D eigenvalue weighted by atomic mass is 32.2. The molecule has 0 fully saturated rings. The molecular weight excluding hydrogens is 318 g/mol. The zero-order valence-electron chi connectivity index (χ0n) is 12.2. The lowest BCUT2D eigenvalue weighted by Gasteiger charge is -2.09. The second kappa shape index (κ2) is 8.06. The number of nitrogens with one attached hydrogen (secondary N) is 1. The van der Waals surface area contributed by atoms with Gasteiger partial charge in [-0.05, 0) is 42.5 Å². The zero-order valence-corrected chi connectivity index (χ0v) is 13.0. The SMILES string of the molecule is C=CCNc1ccc(N)cc1S(N)(=O)=O.O=C1C=CC(=O)C=C1. The summed E-state index contributed by atoms with van der Waals surface area (Å²) >= 11 is 0.